The molecule has 1 saturated heterocycles. The van der Waals surface area contributed by atoms with Crippen LogP contribution >= 0.6 is 31.9 Å². The summed E-state index contributed by atoms with van der Waals surface area (Å²) in [6, 6.07) is 4.17. The molecule has 1 aliphatic heterocycles. The number of nitrogens with zero attached hydrogens (tertiary/aromatic N) is 1. The van der Waals surface area contributed by atoms with Gasteiger partial charge >= 0.3 is 6.18 Å². The van der Waals surface area contributed by atoms with Gasteiger partial charge in [-0.2, -0.15) is 13.2 Å². The van der Waals surface area contributed by atoms with Crippen LogP contribution in [0, 0.1) is 11.8 Å². The molecule has 1 N–H and O–H groups in total. The van der Waals surface area contributed by atoms with E-state index in [-0.39, 0.29) is 15.3 Å². The molecule has 0 bridgehead atoms. The highest BCUT2D eigenvalue weighted by Gasteiger charge is 2.52. The molecule has 5 nitrogen and oxygen atoms in total. The number of imide groups is 1. The van der Waals surface area contributed by atoms with Crippen LogP contribution in [0.1, 0.15) is 18.4 Å². The minimum atomic E-state index is -4.53. The second kappa shape index (κ2) is 7.54. The molecule has 10 heteroatoms. The van der Waals surface area contributed by atoms with Gasteiger partial charge in [-0.05, 0) is 31.0 Å². The lowest BCUT2D eigenvalue weighted by Crippen LogP contribution is -2.38. The van der Waals surface area contributed by atoms with E-state index in [1.54, 1.807) is 0 Å². The molecule has 1 aliphatic carbocycles. The van der Waals surface area contributed by atoms with E-state index in [1.165, 1.54) is 12.1 Å². The molecule has 146 valence electrons. The van der Waals surface area contributed by atoms with E-state index >= 15 is 0 Å². The van der Waals surface area contributed by atoms with Crippen LogP contribution in [0.25, 0.3) is 0 Å². The van der Waals surface area contributed by atoms with E-state index in [4.69, 9.17) is 0 Å². The Morgan fingerprint density at radius 1 is 1.11 bits per heavy atom. The summed E-state index contributed by atoms with van der Waals surface area (Å²) >= 11 is 6.95. The SMILES string of the molecule is O=C(CN1C(=O)[C@@H]2C[C@@H](Br)[C@@H](Br)C[C@H]2C1=O)Nc1cccc(C(F)(F)F)c1. The lowest BCUT2D eigenvalue weighted by molar-refractivity contribution is -0.142. The highest BCUT2D eigenvalue weighted by Crippen LogP contribution is 2.43. The number of nitrogens with one attached hydrogen (secondary N) is 1. The van der Waals surface area contributed by atoms with E-state index in [0.717, 1.165) is 17.0 Å². The average molecular weight is 512 g/mol. The number of carbonyl (C=O) groups excluding carboxylic acids is 3. The molecule has 4 atom stereocenters. The van der Waals surface area contributed by atoms with Crippen LogP contribution in [0.15, 0.2) is 24.3 Å². The number of rotatable bonds is 3. The van der Waals surface area contributed by atoms with E-state index in [9.17, 15) is 27.6 Å². The number of hydrogen-bond donors (Lipinski definition) is 1. The summed E-state index contributed by atoms with van der Waals surface area (Å²) in [5.41, 5.74) is -0.946. The van der Waals surface area contributed by atoms with Crippen molar-refractivity contribution in [2.75, 3.05) is 11.9 Å². The third kappa shape index (κ3) is 4.21. The van der Waals surface area contributed by atoms with Gasteiger partial charge in [0.15, 0.2) is 0 Å². The molecular weight excluding hydrogens is 497 g/mol. The molecule has 0 radical (unpaired) electrons. The van der Waals surface area contributed by atoms with Gasteiger partial charge in [0.2, 0.25) is 17.7 Å². The van der Waals surface area contributed by atoms with Gasteiger partial charge in [-0.3, -0.25) is 19.3 Å². The normalized spacial score (nSPS) is 28.3. The van der Waals surface area contributed by atoms with Crippen molar-refractivity contribution in [3.05, 3.63) is 29.8 Å². The Balaban J connectivity index is 1.68. The van der Waals surface area contributed by atoms with Crippen molar-refractivity contribution < 1.29 is 27.6 Å². The van der Waals surface area contributed by atoms with Crippen LogP contribution in [0.4, 0.5) is 18.9 Å². The van der Waals surface area contributed by atoms with Crippen LogP contribution in [0.5, 0.6) is 0 Å². The maximum absolute atomic E-state index is 12.8. The first-order valence-corrected chi connectivity index (χ1v) is 10.0. The number of benzene rings is 1. The summed E-state index contributed by atoms with van der Waals surface area (Å²) in [4.78, 5) is 38.2. The fraction of sp³-hybridized carbons (Fsp3) is 0.471. The number of alkyl halides is 5. The summed E-state index contributed by atoms with van der Waals surface area (Å²) in [5.74, 6) is -2.49. The smallest absolute Gasteiger partial charge is 0.325 e. The first kappa shape index (κ1) is 20.3. The summed E-state index contributed by atoms with van der Waals surface area (Å²) in [6.07, 6.45) is -3.57. The quantitative estimate of drug-likeness (QED) is 0.498. The number of amides is 3. The Kier molecular flexibility index (Phi) is 5.67. The molecule has 3 rings (SSSR count). The number of likely N-dealkylation sites (tertiary alicyclic amines) is 1. The zero-order valence-corrected chi connectivity index (χ0v) is 17.0. The van der Waals surface area contributed by atoms with E-state index in [1.807, 2.05) is 0 Å². The van der Waals surface area contributed by atoms with E-state index in [2.05, 4.69) is 37.2 Å². The van der Waals surface area contributed by atoms with Crippen molar-refractivity contribution in [3.63, 3.8) is 0 Å². The zero-order valence-electron chi connectivity index (χ0n) is 13.8. The summed E-state index contributed by atoms with van der Waals surface area (Å²) in [5, 5.41) is 2.32. The van der Waals surface area contributed by atoms with Crippen LogP contribution in [-0.2, 0) is 20.6 Å². The average Bonchev–Trinajstić information content (AvgIpc) is 2.80. The largest absolute Gasteiger partial charge is 0.416 e. The summed E-state index contributed by atoms with van der Waals surface area (Å²) in [6.45, 7) is -0.513. The number of fused-ring (bicyclic) bond motifs is 1. The highest BCUT2D eigenvalue weighted by molar-refractivity contribution is 9.12. The van der Waals surface area contributed by atoms with Gasteiger partial charge in [0.25, 0.3) is 0 Å². The Morgan fingerprint density at radius 3 is 2.19 bits per heavy atom. The van der Waals surface area contributed by atoms with Crippen molar-refractivity contribution in [2.24, 2.45) is 11.8 Å². The molecule has 2 aliphatic rings. The molecule has 2 fully saturated rings. The van der Waals surface area contributed by atoms with Crippen LogP contribution in [0.2, 0.25) is 0 Å². The number of anilines is 1. The fourth-order valence-electron chi connectivity index (χ4n) is 3.44. The van der Waals surface area contributed by atoms with E-state index in [0.29, 0.717) is 12.8 Å². The van der Waals surface area contributed by atoms with Gasteiger partial charge in [-0.1, -0.05) is 37.9 Å². The first-order chi connectivity index (χ1) is 12.6. The molecular formula is C17H15Br2F3N2O3. The maximum atomic E-state index is 12.8. The number of hydrogen-bond acceptors (Lipinski definition) is 3. The topological polar surface area (TPSA) is 66.5 Å². The third-order valence-corrected chi connectivity index (χ3v) is 7.51. The van der Waals surface area contributed by atoms with Gasteiger partial charge in [0.05, 0.1) is 17.4 Å². The zero-order chi connectivity index (χ0) is 19.9. The lowest BCUT2D eigenvalue weighted by Gasteiger charge is -2.29. The van der Waals surface area contributed by atoms with Crippen molar-refractivity contribution in [1.29, 1.82) is 0 Å². The van der Waals surface area contributed by atoms with Crippen LogP contribution in [0.3, 0.4) is 0 Å². The highest BCUT2D eigenvalue weighted by atomic mass is 79.9. The molecule has 0 unspecified atom stereocenters. The first-order valence-electron chi connectivity index (χ1n) is 8.18. The minimum absolute atomic E-state index is 0.0487. The van der Waals surface area contributed by atoms with Crippen molar-refractivity contribution in [2.45, 2.75) is 28.7 Å². The van der Waals surface area contributed by atoms with E-state index < -0.39 is 47.8 Å². The lowest BCUT2D eigenvalue weighted by atomic mass is 9.81. The molecule has 27 heavy (non-hydrogen) atoms. The summed E-state index contributed by atoms with van der Waals surface area (Å²) in [7, 11) is 0. The van der Waals surface area contributed by atoms with Crippen molar-refractivity contribution >= 4 is 55.3 Å². The van der Waals surface area contributed by atoms with Crippen molar-refractivity contribution in [1.82, 2.24) is 4.90 Å². The van der Waals surface area contributed by atoms with Crippen LogP contribution < -0.4 is 5.32 Å². The van der Waals surface area contributed by atoms with Gasteiger partial charge < -0.3 is 5.32 Å². The third-order valence-electron chi connectivity index (χ3n) is 4.78. The minimum Gasteiger partial charge on any atom is -0.325 e. The molecule has 1 aromatic carbocycles. The predicted molar refractivity (Wildman–Crippen MR) is 98.4 cm³/mol. The second-order valence-electron chi connectivity index (χ2n) is 6.61. The second-order valence-corrected chi connectivity index (χ2v) is 8.96. The standard InChI is InChI=1S/C17H15Br2F3N2O3/c18-12-5-10-11(6-13(12)19)16(27)24(15(10)26)7-14(25)23-9-3-1-2-8(4-9)17(20,21)22/h1-4,10-13H,5-7H2,(H,23,25)/t10-,11-,12-,13+/m1/s1. The maximum Gasteiger partial charge on any atom is 0.416 e. The number of halogens is 5. The molecule has 3 amide bonds. The monoisotopic (exact) mass is 510 g/mol. The van der Waals surface area contributed by atoms with Crippen molar-refractivity contribution in [3.8, 4) is 0 Å². The van der Waals surface area contributed by atoms with Crippen LogP contribution in [-0.4, -0.2) is 38.8 Å². The molecule has 1 aromatic rings. The van der Waals surface area contributed by atoms with Gasteiger partial charge in [0, 0.05) is 15.3 Å². The molecule has 0 spiro atoms. The Hall–Kier alpha value is -1.42. The predicted octanol–water partition coefficient (Wildman–Crippen LogP) is 3.57. The Bertz CT molecular complexity index is 759. The molecule has 1 saturated carbocycles. The Labute approximate surface area is 169 Å². The van der Waals surface area contributed by atoms with Gasteiger partial charge in [-0.15, -0.1) is 0 Å². The molecule has 1 heterocycles. The summed E-state index contributed by atoms with van der Waals surface area (Å²) < 4.78 is 38.3. The van der Waals surface area contributed by atoms with Gasteiger partial charge in [-0.25, -0.2) is 0 Å². The Morgan fingerprint density at radius 2 is 1.67 bits per heavy atom. The van der Waals surface area contributed by atoms with Gasteiger partial charge in [0.1, 0.15) is 6.54 Å². The fourth-order valence-corrected chi connectivity index (χ4v) is 4.67. The number of carbonyl (C=O) groups is 3. The molecule has 0 aromatic heterocycles.